The Balaban J connectivity index is 2.07. The maximum Gasteiger partial charge on any atom is 0.194 e. The van der Waals surface area contributed by atoms with Crippen LogP contribution in [0.4, 0.5) is 0 Å². The van der Waals surface area contributed by atoms with Crippen molar-refractivity contribution in [3.05, 3.63) is 52.7 Å². The molecule has 0 saturated carbocycles. The third-order valence-electron chi connectivity index (χ3n) is 4.07. The summed E-state index contributed by atoms with van der Waals surface area (Å²) >= 11 is 1.53. The smallest absolute Gasteiger partial charge is 0.194 e. The van der Waals surface area contributed by atoms with E-state index >= 15 is 0 Å². The van der Waals surface area contributed by atoms with E-state index < -0.39 is 0 Å². The van der Waals surface area contributed by atoms with Gasteiger partial charge in [-0.25, -0.2) is 4.98 Å². The molecule has 0 fully saturated rings. The van der Waals surface area contributed by atoms with Gasteiger partial charge in [-0.15, -0.1) is 11.3 Å². The van der Waals surface area contributed by atoms with Crippen LogP contribution in [0.25, 0.3) is 16.4 Å². The number of aromatic nitrogens is 2. The Morgan fingerprint density at radius 2 is 2.12 bits per heavy atom. The van der Waals surface area contributed by atoms with Crippen LogP contribution in [0.3, 0.4) is 0 Å². The van der Waals surface area contributed by atoms with Crippen LogP contribution in [0.1, 0.15) is 41.4 Å². The van der Waals surface area contributed by atoms with Crippen LogP contribution in [-0.2, 0) is 0 Å². The quantitative estimate of drug-likeness (QED) is 0.623. The molecule has 0 amide bonds. The molecule has 2 aromatic heterocycles. The van der Waals surface area contributed by atoms with Crippen molar-refractivity contribution in [3.63, 3.8) is 0 Å². The summed E-state index contributed by atoms with van der Waals surface area (Å²) in [4.78, 5) is 15.9. The average Bonchev–Trinajstić information content (AvgIpc) is 3.22. The first-order chi connectivity index (χ1) is 11.5. The maximum atomic E-state index is 11.1. The Morgan fingerprint density at radius 1 is 1.33 bits per heavy atom. The molecule has 0 aliphatic carbocycles. The van der Waals surface area contributed by atoms with Crippen LogP contribution in [0, 0.1) is 6.92 Å². The topological polar surface area (TPSA) is 44.1 Å². The van der Waals surface area contributed by atoms with Gasteiger partial charge >= 0.3 is 0 Å². The molecule has 0 spiro atoms. The third-order valence-corrected chi connectivity index (χ3v) is 4.91. The highest BCUT2D eigenvalue weighted by atomic mass is 32.1. The minimum Gasteiger partial charge on any atom is -0.496 e. The van der Waals surface area contributed by atoms with Gasteiger partial charge in [0.1, 0.15) is 5.75 Å². The summed E-state index contributed by atoms with van der Waals surface area (Å²) < 4.78 is 7.32. The number of aryl methyl sites for hydroxylation is 1. The molecule has 3 aromatic rings. The minimum atomic E-state index is 0.364. The fourth-order valence-corrected chi connectivity index (χ4v) is 3.59. The third kappa shape index (κ3) is 2.87. The predicted molar refractivity (Wildman–Crippen MR) is 97.6 cm³/mol. The second-order valence-corrected chi connectivity index (χ2v) is 6.84. The van der Waals surface area contributed by atoms with Crippen LogP contribution >= 0.6 is 11.3 Å². The van der Waals surface area contributed by atoms with Crippen molar-refractivity contribution in [2.75, 3.05) is 7.11 Å². The predicted octanol–water partition coefficient (Wildman–Crippen LogP) is 4.85. The summed E-state index contributed by atoms with van der Waals surface area (Å²) in [7, 11) is 1.70. The molecule has 0 unspecified atom stereocenters. The second-order valence-electron chi connectivity index (χ2n) is 6.00. The molecule has 124 valence electrons. The number of carbonyl (C=O) groups excluding carboxylic acids is 1. The molecule has 0 N–H and O–H groups in total. The van der Waals surface area contributed by atoms with Crippen LogP contribution in [0.15, 0.2) is 35.8 Å². The van der Waals surface area contributed by atoms with E-state index in [0.29, 0.717) is 11.6 Å². The summed E-state index contributed by atoms with van der Waals surface area (Å²) in [6, 6.07) is 7.86. The summed E-state index contributed by atoms with van der Waals surface area (Å²) in [5.74, 6) is 1.28. The maximum absolute atomic E-state index is 11.1. The van der Waals surface area contributed by atoms with Gasteiger partial charge in [-0.05, 0) is 48.2 Å². The zero-order valence-electron chi connectivity index (χ0n) is 14.2. The fraction of sp³-hybridized carbons (Fsp3) is 0.263. The van der Waals surface area contributed by atoms with Crippen molar-refractivity contribution in [2.45, 2.75) is 26.7 Å². The molecule has 4 nitrogen and oxygen atoms in total. The van der Waals surface area contributed by atoms with E-state index in [1.807, 2.05) is 22.2 Å². The highest BCUT2D eigenvalue weighted by molar-refractivity contribution is 7.12. The van der Waals surface area contributed by atoms with E-state index in [1.54, 1.807) is 13.2 Å². The molecule has 1 aromatic carbocycles. The Bertz CT molecular complexity index is 877. The number of hydrogen-bond acceptors (Lipinski definition) is 4. The number of hydrogen-bond donors (Lipinski definition) is 0. The molecule has 0 bridgehead atoms. The van der Waals surface area contributed by atoms with Gasteiger partial charge in [0.15, 0.2) is 11.4 Å². The first kappa shape index (κ1) is 16.5. The van der Waals surface area contributed by atoms with E-state index in [-0.39, 0.29) is 0 Å². The zero-order valence-corrected chi connectivity index (χ0v) is 15.1. The molecule has 0 saturated heterocycles. The van der Waals surface area contributed by atoms with Crippen molar-refractivity contribution in [3.8, 4) is 22.1 Å². The van der Waals surface area contributed by atoms with Gasteiger partial charge in [0.2, 0.25) is 0 Å². The summed E-state index contributed by atoms with van der Waals surface area (Å²) in [6.07, 6.45) is 2.70. The van der Waals surface area contributed by atoms with E-state index in [1.165, 1.54) is 16.9 Å². The Kier molecular flexibility index (Phi) is 4.53. The fourth-order valence-electron chi connectivity index (χ4n) is 2.77. The largest absolute Gasteiger partial charge is 0.496 e. The number of rotatable bonds is 5. The van der Waals surface area contributed by atoms with Crippen LogP contribution < -0.4 is 4.74 Å². The lowest BCUT2D eigenvalue weighted by atomic mass is 9.95. The van der Waals surface area contributed by atoms with Crippen molar-refractivity contribution in [1.29, 1.82) is 0 Å². The Labute approximate surface area is 145 Å². The monoisotopic (exact) mass is 340 g/mol. The lowest BCUT2D eigenvalue weighted by Gasteiger charge is -2.15. The zero-order chi connectivity index (χ0) is 17.3. The first-order valence-electron chi connectivity index (χ1n) is 7.82. The number of nitrogens with zero attached hydrogens (tertiary/aromatic N) is 2. The lowest BCUT2D eigenvalue weighted by molar-refractivity contribution is 0.111. The highest BCUT2D eigenvalue weighted by Gasteiger charge is 2.15. The number of thiazole rings is 1. The van der Waals surface area contributed by atoms with Crippen molar-refractivity contribution in [1.82, 2.24) is 9.55 Å². The number of carbonyl (C=O) groups is 1. The van der Waals surface area contributed by atoms with Gasteiger partial charge in [0.05, 0.1) is 18.5 Å². The van der Waals surface area contributed by atoms with E-state index in [9.17, 15) is 4.79 Å². The Morgan fingerprint density at radius 3 is 2.79 bits per heavy atom. The molecular weight excluding hydrogens is 320 g/mol. The average molecular weight is 340 g/mol. The molecule has 5 heteroatoms. The van der Waals surface area contributed by atoms with Gasteiger partial charge in [0, 0.05) is 17.1 Å². The number of benzene rings is 1. The van der Waals surface area contributed by atoms with Gasteiger partial charge in [-0.3, -0.25) is 9.36 Å². The standard InChI is InChI=1S/C19H20N2O2S/c1-12(2)15-9-16(13(3)8-18(15)23-4)17-11-24-19(20-17)21-7-5-6-14(21)10-22/h5-12H,1-4H3. The second kappa shape index (κ2) is 6.61. The van der Waals surface area contributed by atoms with Gasteiger partial charge in [0.25, 0.3) is 0 Å². The first-order valence-corrected chi connectivity index (χ1v) is 8.70. The summed E-state index contributed by atoms with van der Waals surface area (Å²) in [5.41, 5.74) is 4.91. The SMILES string of the molecule is COc1cc(C)c(-c2csc(-n3cccc3C=O)n2)cc1C(C)C. The van der Waals surface area contributed by atoms with E-state index in [2.05, 4.69) is 32.9 Å². The van der Waals surface area contributed by atoms with E-state index in [0.717, 1.165) is 34.0 Å². The molecule has 3 rings (SSSR count). The van der Waals surface area contributed by atoms with Crippen molar-refractivity contribution >= 4 is 17.6 Å². The van der Waals surface area contributed by atoms with Gasteiger partial charge < -0.3 is 4.74 Å². The van der Waals surface area contributed by atoms with Crippen LogP contribution in [0.5, 0.6) is 5.75 Å². The molecule has 0 aliphatic heterocycles. The Hall–Kier alpha value is -2.40. The van der Waals surface area contributed by atoms with Crippen molar-refractivity contribution in [2.24, 2.45) is 0 Å². The van der Waals surface area contributed by atoms with Gasteiger partial charge in [-0.2, -0.15) is 0 Å². The number of aldehydes is 1. The van der Waals surface area contributed by atoms with Crippen LogP contribution in [-0.4, -0.2) is 22.9 Å². The molecular formula is C19H20N2O2S. The molecule has 0 aliphatic rings. The number of ether oxygens (including phenoxy) is 1. The normalized spacial score (nSPS) is 11.0. The van der Waals surface area contributed by atoms with Crippen molar-refractivity contribution < 1.29 is 9.53 Å². The molecule has 2 heterocycles. The summed E-state index contributed by atoms with van der Waals surface area (Å²) in [5, 5.41) is 2.82. The molecule has 24 heavy (non-hydrogen) atoms. The van der Waals surface area contributed by atoms with Crippen LogP contribution in [0.2, 0.25) is 0 Å². The molecule has 0 radical (unpaired) electrons. The van der Waals surface area contributed by atoms with E-state index in [4.69, 9.17) is 9.72 Å². The number of methoxy groups -OCH3 is 1. The highest BCUT2D eigenvalue weighted by Crippen LogP contribution is 2.35. The summed E-state index contributed by atoms with van der Waals surface area (Å²) in [6.45, 7) is 6.37. The lowest BCUT2D eigenvalue weighted by Crippen LogP contribution is -1.98. The van der Waals surface area contributed by atoms with Gasteiger partial charge in [-0.1, -0.05) is 13.8 Å². The minimum absolute atomic E-state index is 0.364. The molecule has 0 atom stereocenters.